The van der Waals surface area contributed by atoms with Crippen LogP contribution in [0.15, 0.2) is 47.8 Å². The molecule has 1 N–H and O–H groups in total. The molecule has 3 rings (SSSR count). The molecule has 1 aromatic heterocycles. The summed E-state index contributed by atoms with van der Waals surface area (Å²) in [6, 6.07) is 11.4. The highest BCUT2D eigenvalue weighted by Gasteiger charge is 2.14. The smallest absolute Gasteiger partial charge is 0.124 e. The normalized spacial score (nSPS) is 11.4. The van der Waals surface area contributed by atoms with Gasteiger partial charge in [-0.1, -0.05) is 5.16 Å². The van der Waals surface area contributed by atoms with Crippen molar-refractivity contribution in [2.24, 2.45) is 5.16 Å². The van der Waals surface area contributed by atoms with Crippen molar-refractivity contribution < 1.29 is 19.4 Å². The Bertz CT molecular complexity index is 1020. The molecule has 0 unspecified atom stereocenters. The van der Waals surface area contributed by atoms with Gasteiger partial charge in [0.05, 0.1) is 38.1 Å². The van der Waals surface area contributed by atoms with Crippen LogP contribution in [-0.4, -0.2) is 54.8 Å². The lowest BCUT2D eigenvalue weighted by Crippen LogP contribution is -2.21. The predicted octanol–water partition coefficient (Wildman–Crippen LogP) is 3.54. The fourth-order valence-electron chi connectivity index (χ4n) is 3.01. The summed E-state index contributed by atoms with van der Waals surface area (Å²) in [5.74, 6) is 1.33. The summed E-state index contributed by atoms with van der Waals surface area (Å²) in [7, 11) is 3.21. The number of oxime groups is 1. The molecule has 0 amide bonds. The molecule has 30 heavy (non-hydrogen) atoms. The quantitative estimate of drug-likeness (QED) is 0.426. The van der Waals surface area contributed by atoms with Crippen LogP contribution in [0.3, 0.4) is 0 Å². The topological polar surface area (TPSA) is 89.3 Å². The van der Waals surface area contributed by atoms with Crippen molar-refractivity contribution in [3.63, 3.8) is 0 Å². The predicted molar refractivity (Wildman–Crippen MR) is 117 cm³/mol. The van der Waals surface area contributed by atoms with Crippen LogP contribution in [-0.2, 0) is 4.84 Å². The molecule has 8 heteroatoms. The van der Waals surface area contributed by atoms with Crippen LogP contribution in [0.1, 0.15) is 19.5 Å². The number of hydrogen-bond acceptors (Lipinski definition) is 8. The summed E-state index contributed by atoms with van der Waals surface area (Å²) in [6.07, 6.45) is 1.68. The summed E-state index contributed by atoms with van der Waals surface area (Å²) in [4.78, 5) is 16.2. The number of aromatic nitrogens is 2. The number of aliphatic hydroxyl groups excluding tert-OH is 1. The first-order valence-corrected chi connectivity index (χ1v) is 9.64. The monoisotopic (exact) mass is 410 g/mol. The summed E-state index contributed by atoms with van der Waals surface area (Å²) >= 11 is 0. The second-order valence-corrected chi connectivity index (χ2v) is 6.47. The zero-order valence-electron chi connectivity index (χ0n) is 17.6. The molecule has 3 aromatic rings. The number of anilines is 2. The standard InChI is InChI=1S/C22H26N4O4/c1-5-30-25-15(2)22-14-23-20-7-6-16(12-21(20)24-22)26(8-9-27)17-10-18(28-3)13-19(11-17)29-4/h6-7,10-14,27H,5,8-9H2,1-4H3/b25-15+. The van der Waals surface area contributed by atoms with Crippen molar-refractivity contribution in [3.05, 3.63) is 48.3 Å². The Hall–Kier alpha value is -3.39. The minimum absolute atomic E-state index is 0.0244. The van der Waals surface area contributed by atoms with E-state index in [9.17, 15) is 5.11 Å². The molecule has 8 nitrogen and oxygen atoms in total. The fourth-order valence-corrected chi connectivity index (χ4v) is 3.01. The Kier molecular flexibility index (Phi) is 7.03. The van der Waals surface area contributed by atoms with Gasteiger partial charge in [-0.2, -0.15) is 0 Å². The number of rotatable bonds is 9. The van der Waals surface area contributed by atoms with Crippen LogP contribution < -0.4 is 14.4 Å². The summed E-state index contributed by atoms with van der Waals surface area (Å²) < 4.78 is 10.8. The summed E-state index contributed by atoms with van der Waals surface area (Å²) in [5, 5.41) is 13.7. The zero-order valence-corrected chi connectivity index (χ0v) is 17.6. The van der Waals surface area contributed by atoms with Gasteiger partial charge in [-0.25, -0.2) is 4.98 Å². The number of ether oxygens (including phenoxy) is 2. The van der Waals surface area contributed by atoms with Crippen molar-refractivity contribution in [1.29, 1.82) is 0 Å². The first-order chi connectivity index (χ1) is 14.6. The van der Waals surface area contributed by atoms with Crippen molar-refractivity contribution in [3.8, 4) is 11.5 Å². The van der Waals surface area contributed by atoms with Crippen molar-refractivity contribution >= 4 is 28.1 Å². The highest BCUT2D eigenvalue weighted by Crippen LogP contribution is 2.33. The molecule has 0 bridgehead atoms. The van der Waals surface area contributed by atoms with Crippen LogP contribution in [0, 0.1) is 0 Å². The maximum absolute atomic E-state index is 9.66. The lowest BCUT2D eigenvalue weighted by atomic mass is 10.2. The van der Waals surface area contributed by atoms with E-state index in [0.717, 1.165) is 16.9 Å². The zero-order chi connectivity index (χ0) is 21.5. The molecule has 0 spiro atoms. The third kappa shape index (κ3) is 4.77. The molecule has 1 heterocycles. The average molecular weight is 410 g/mol. The number of nitrogens with zero attached hydrogens (tertiary/aromatic N) is 4. The highest BCUT2D eigenvalue weighted by molar-refractivity contribution is 5.97. The second-order valence-electron chi connectivity index (χ2n) is 6.47. The minimum Gasteiger partial charge on any atom is -0.497 e. The van der Waals surface area contributed by atoms with Gasteiger partial charge in [0.15, 0.2) is 0 Å². The molecule has 0 radical (unpaired) electrons. The van der Waals surface area contributed by atoms with Crippen molar-refractivity contribution in [2.75, 3.05) is 38.9 Å². The highest BCUT2D eigenvalue weighted by atomic mass is 16.6. The maximum atomic E-state index is 9.66. The lowest BCUT2D eigenvalue weighted by molar-refractivity contribution is 0.159. The van der Waals surface area contributed by atoms with Gasteiger partial charge in [0.25, 0.3) is 0 Å². The molecule has 158 valence electrons. The van der Waals surface area contributed by atoms with Crippen molar-refractivity contribution in [1.82, 2.24) is 9.97 Å². The van der Waals surface area contributed by atoms with Crippen LogP contribution >= 0.6 is 0 Å². The number of benzene rings is 2. The van der Waals surface area contributed by atoms with E-state index in [0.29, 0.717) is 41.6 Å². The molecular formula is C22H26N4O4. The van der Waals surface area contributed by atoms with E-state index in [2.05, 4.69) is 15.1 Å². The molecular weight excluding hydrogens is 384 g/mol. The third-order valence-electron chi connectivity index (χ3n) is 4.51. The Labute approximate surface area is 175 Å². The van der Waals surface area contributed by atoms with Crippen LogP contribution in [0.5, 0.6) is 11.5 Å². The van der Waals surface area contributed by atoms with E-state index in [1.54, 1.807) is 26.5 Å². The van der Waals surface area contributed by atoms with Gasteiger partial charge in [-0.05, 0) is 32.0 Å². The van der Waals surface area contributed by atoms with Gasteiger partial charge in [0.1, 0.15) is 29.5 Å². The van der Waals surface area contributed by atoms with Gasteiger partial charge in [-0.3, -0.25) is 4.98 Å². The lowest BCUT2D eigenvalue weighted by Gasteiger charge is -2.25. The Balaban J connectivity index is 2.05. The molecule has 0 aliphatic heterocycles. The van der Waals surface area contributed by atoms with Crippen LogP contribution in [0.4, 0.5) is 11.4 Å². The third-order valence-corrected chi connectivity index (χ3v) is 4.51. The first kappa shape index (κ1) is 21.3. The van der Waals surface area contributed by atoms with Crippen molar-refractivity contribution in [2.45, 2.75) is 13.8 Å². The number of fused-ring (bicyclic) bond motifs is 1. The molecule has 0 saturated carbocycles. The summed E-state index contributed by atoms with van der Waals surface area (Å²) in [6.45, 7) is 4.56. The van der Waals surface area contributed by atoms with Crippen LogP contribution in [0.25, 0.3) is 11.0 Å². The average Bonchev–Trinajstić information content (AvgIpc) is 2.79. The Morgan fingerprint density at radius 2 is 1.77 bits per heavy atom. The number of aliphatic hydroxyl groups is 1. The maximum Gasteiger partial charge on any atom is 0.124 e. The molecule has 0 aliphatic rings. The SMILES string of the molecule is CCO/N=C(\C)c1cnc2ccc(N(CCO)c3cc(OC)cc(OC)c3)cc2n1. The van der Waals surface area contributed by atoms with Gasteiger partial charge in [-0.15, -0.1) is 0 Å². The number of methoxy groups -OCH3 is 2. The van der Waals surface area contributed by atoms with Crippen LogP contribution in [0.2, 0.25) is 0 Å². The van der Waals surface area contributed by atoms with E-state index in [-0.39, 0.29) is 6.61 Å². The van der Waals surface area contributed by atoms with Gasteiger partial charge < -0.3 is 24.3 Å². The minimum atomic E-state index is -0.0244. The van der Waals surface area contributed by atoms with E-state index >= 15 is 0 Å². The fraction of sp³-hybridized carbons (Fsp3) is 0.318. The van der Waals surface area contributed by atoms with E-state index in [4.69, 9.17) is 14.3 Å². The van der Waals surface area contributed by atoms with Gasteiger partial charge in [0.2, 0.25) is 0 Å². The number of hydrogen-bond donors (Lipinski definition) is 1. The molecule has 0 saturated heterocycles. The molecule has 0 fully saturated rings. The molecule has 0 aliphatic carbocycles. The Morgan fingerprint density at radius 1 is 1.03 bits per heavy atom. The first-order valence-electron chi connectivity index (χ1n) is 9.64. The van der Waals surface area contributed by atoms with E-state index in [1.165, 1.54) is 0 Å². The second kappa shape index (κ2) is 9.89. The van der Waals surface area contributed by atoms with E-state index < -0.39 is 0 Å². The largest absolute Gasteiger partial charge is 0.497 e. The molecule has 2 aromatic carbocycles. The van der Waals surface area contributed by atoms with E-state index in [1.807, 2.05) is 49.1 Å². The summed E-state index contributed by atoms with van der Waals surface area (Å²) in [5.41, 5.74) is 4.47. The van der Waals surface area contributed by atoms with Gasteiger partial charge >= 0.3 is 0 Å². The molecule has 0 atom stereocenters. The van der Waals surface area contributed by atoms with Gasteiger partial charge in [0, 0.05) is 36.1 Å². The Morgan fingerprint density at radius 3 is 2.40 bits per heavy atom.